The molecule has 238 valence electrons. The molecular formula is C35H45N7O3. The number of amides is 2. The molecule has 2 amide bonds. The number of carbonyl (C=O) groups is 2. The van der Waals surface area contributed by atoms with Gasteiger partial charge < -0.3 is 20.5 Å². The number of nitrogens with zero attached hydrogens (tertiary/aromatic N) is 4. The summed E-state index contributed by atoms with van der Waals surface area (Å²) in [7, 11) is 0. The Morgan fingerprint density at radius 1 is 1.07 bits per heavy atom. The molecule has 0 radical (unpaired) electrons. The molecule has 0 unspecified atom stereocenters. The second-order valence-electron chi connectivity index (χ2n) is 13.0. The molecule has 0 aliphatic carbocycles. The van der Waals surface area contributed by atoms with Crippen molar-refractivity contribution in [1.29, 1.82) is 0 Å². The van der Waals surface area contributed by atoms with Crippen LogP contribution in [0.25, 0.3) is 28.2 Å². The van der Waals surface area contributed by atoms with Crippen LogP contribution in [0.1, 0.15) is 95.4 Å². The summed E-state index contributed by atoms with van der Waals surface area (Å²) >= 11 is 0. The van der Waals surface area contributed by atoms with Gasteiger partial charge in [-0.25, -0.2) is 4.98 Å². The van der Waals surface area contributed by atoms with Gasteiger partial charge in [-0.15, -0.1) is 0 Å². The Balaban J connectivity index is 1.12. The molecule has 45 heavy (non-hydrogen) atoms. The average Bonchev–Trinajstić information content (AvgIpc) is 3.69. The van der Waals surface area contributed by atoms with Crippen LogP contribution in [-0.2, 0) is 21.4 Å². The van der Waals surface area contributed by atoms with Gasteiger partial charge in [0.15, 0.2) is 5.82 Å². The Kier molecular flexibility index (Phi) is 10.3. The first-order valence-corrected chi connectivity index (χ1v) is 16.1. The maximum atomic E-state index is 12.6. The number of rotatable bonds is 12. The molecule has 4 heterocycles. The lowest BCUT2D eigenvalue weighted by molar-refractivity contribution is -0.132. The number of carbonyl (C=O) groups excluding carboxylic acids is 2. The van der Waals surface area contributed by atoms with Gasteiger partial charge in [-0.05, 0) is 44.1 Å². The Hall–Kier alpha value is -4.47. The number of nitrogens with one attached hydrogen (secondary N) is 2. The third kappa shape index (κ3) is 8.38. The molecule has 10 heteroatoms. The van der Waals surface area contributed by atoms with Crippen LogP contribution in [0.3, 0.4) is 0 Å². The number of H-pyrrole nitrogens is 1. The van der Waals surface area contributed by atoms with E-state index in [1.807, 2.05) is 49.9 Å². The fourth-order valence-electron chi connectivity index (χ4n) is 5.65. The number of nitrogen functional groups attached to an aromatic ring is 1. The van der Waals surface area contributed by atoms with Crippen LogP contribution in [0, 0.1) is 0 Å². The summed E-state index contributed by atoms with van der Waals surface area (Å²) in [6.07, 6.45) is 15.6. The predicted octanol–water partition coefficient (Wildman–Crippen LogP) is 7.04. The van der Waals surface area contributed by atoms with E-state index in [9.17, 15) is 9.59 Å². The first-order chi connectivity index (χ1) is 21.7. The highest BCUT2D eigenvalue weighted by Gasteiger charge is 2.21. The van der Waals surface area contributed by atoms with Gasteiger partial charge >= 0.3 is 0 Å². The zero-order valence-electron chi connectivity index (χ0n) is 26.7. The van der Waals surface area contributed by atoms with Crippen LogP contribution in [0.15, 0.2) is 47.1 Å². The smallest absolute Gasteiger partial charge is 0.230 e. The summed E-state index contributed by atoms with van der Waals surface area (Å²) in [5.74, 6) is 1.69. The van der Waals surface area contributed by atoms with Gasteiger partial charge in [-0.2, -0.15) is 5.10 Å². The van der Waals surface area contributed by atoms with Crippen molar-refractivity contribution in [2.75, 3.05) is 24.1 Å². The number of nitrogens with two attached hydrogens (primary N) is 1. The van der Waals surface area contributed by atoms with E-state index in [1.165, 1.54) is 6.42 Å². The van der Waals surface area contributed by atoms with Gasteiger partial charge in [0.05, 0.1) is 17.5 Å². The number of pyridine rings is 1. The summed E-state index contributed by atoms with van der Waals surface area (Å²) in [5.41, 5.74) is 10.4. The largest absolute Gasteiger partial charge is 0.383 e. The fraction of sp³-hybridized carbons (Fsp3) is 0.457. The van der Waals surface area contributed by atoms with Crippen LogP contribution in [0.5, 0.6) is 0 Å². The van der Waals surface area contributed by atoms with Crippen molar-refractivity contribution in [1.82, 2.24) is 25.2 Å². The number of piperidine rings is 1. The first-order valence-electron chi connectivity index (χ1n) is 16.1. The monoisotopic (exact) mass is 611 g/mol. The third-order valence-corrected chi connectivity index (χ3v) is 8.28. The molecule has 1 aliphatic rings. The number of aromatic amines is 1. The molecular weight excluding hydrogens is 566 g/mol. The number of anilines is 2. The highest BCUT2D eigenvalue weighted by atomic mass is 16.5. The number of likely N-dealkylation sites (tertiary alicyclic amines) is 1. The number of hydrogen-bond donors (Lipinski definition) is 3. The molecule has 0 atom stereocenters. The average molecular weight is 612 g/mol. The predicted molar refractivity (Wildman–Crippen MR) is 178 cm³/mol. The highest BCUT2D eigenvalue weighted by Crippen LogP contribution is 2.32. The molecule has 4 aromatic rings. The molecule has 1 fully saturated rings. The normalized spacial score (nSPS) is 14.0. The van der Waals surface area contributed by atoms with Crippen molar-refractivity contribution in [3.8, 4) is 11.3 Å². The molecule has 3 aromatic heterocycles. The zero-order chi connectivity index (χ0) is 31.8. The second-order valence-corrected chi connectivity index (χ2v) is 13.0. The molecule has 4 N–H and O–H groups in total. The van der Waals surface area contributed by atoms with Gasteiger partial charge in [0.2, 0.25) is 11.8 Å². The van der Waals surface area contributed by atoms with Crippen LogP contribution in [0.2, 0.25) is 0 Å². The van der Waals surface area contributed by atoms with Crippen LogP contribution in [0.4, 0.5) is 11.6 Å². The van der Waals surface area contributed by atoms with E-state index < -0.39 is 0 Å². The lowest BCUT2D eigenvalue weighted by Crippen LogP contribution is -2.35. The summed E-state index contributed by atoms with van der Waals surface area (Å²) in [6.45, 7) is 7.95. The molecule has 1 saturated heterocycles. The van der Waals surface area contributed by atoms with Gasteiger partial charge in [-0.3, -0.25) is 14.7 Å². The van der Waals surface area contributed by atoms with Crippen molar-refractivity contribution >= 4 is 40.4 Å². The van der Waals surface area contributed by atoms with Crippen LogP contribution >= 0.6 is 0 Å². The minimum Gasteiger partial charge on any atom is -0.383 e. The Morgan fingerprint density at radius 3 is 2.56 bits per heavy atom. The van der Waals surface area contributed by atoms with E-state index in [2.05, 4.69) is 37.8 Å². The molecule has 1 aliphatic heterocycles. The van der Waals surface area contributed by atoms with Crippen molar-refractivity contribution < 1.29 is 14.1 Å². The van der Waals surface area contributed by atoms with E-state index in [4.69, 9.17) is 10.3 Å². The molecule has 0 spiro atoms. The second kappa shape index (κ2) is 14.5. The molecule has 1 aromatic carbocycles. The van der Waals surface area contributed by atoms with Crippen molar-refractivity contribution in [2.45, 2.75) is 90.4 Å². The maximum Gasteiger partial charge on any atom is 0.230 e. The number of unbranched alkanes of at least 4 members (excludes halogenated alkanes) is 4. The van der Waals surface area contributed by atoms with Crippen molar-refractivity contribution in [2.24, 2.45) is 0 Å². The minimum atomic E-state index is -0.186. The molecule has 0 saturated carbocycles. The van der Waals surface area contributed by atoms with Crippen LogP contribution < -0.4 is 11.1 Å². The highest BCUT2D eigenvalue weighted by molar-refractivity contribution is 6.03. The van der Waals surface area contributed by atoms with Crippen LogP contribution in [-0.4, -0.2) is 50.1 Å². The van der Waals surface area contributed by atoms with Gasteiger partial charge in [0, 0.05) is 48.3 Å². The summed E-state index contributed by atoms with van der Waals surface area (Å²) < 4.78 is 5.35. The molecule has 5 rings (SSSR count). The quantitative estimate of drug-likeness (QED) is 0.146. The van der Waals surface area contributed by atoms with E-state index in [0.29, 0.717) is 29.7 Å². The number of fused-ring (bicyclic) bond motifs is 1. The number of benzene rings is 1. The number of hydrogen-bond acceptors (Lipinski definition) is 7. The van der Waals surface area contributed by atoms with E-state index in [0.717, 1.165) is 91.3 Å². The topological polar surface area (TPSA) is 143 Å². The standard InChI is InChI=1S/C35H45N7O3/c1-35(2,3)27-22-28(41-45-27)38-29(43)21-24-15-17-25(18-16-24)32-31-33(40-39-32)26(23-37-34(31)36)13-9-6-4-5-7-10-14-30(44)42-19-11-8-12-20-42/h9,13,15-18,22-23H,4-8,10-12,14,19-21H2,1-3H3,(H2,36,37)(H,39,40)(H,38,41,43)/b13-9+. The summed E-state index contributed by atoms with van der Waals surface area (Å²) in [6, 6.07) is 9.50. The Labute approximate surface area is 264 Å². The lowest BCUT2D eigenvalue weighted by Gasteiger charge is -2.26. The summed E-state index contributed by atoms with van der Waals surface area (Å²) in [5, 5.41) is 15.3. The third-order valence-electron chi connectivity index (χ3n) is 8.28. The minimum absolute atomic E-state index is 0.170. The Morgan fingerprint density at radius 2 is 1.82 bits per heavy atom. The Bertz CT molecular complexity index is 1620. The molecule has 0 bridgehead atoms. The van der Waals surface area contributed by atoms with E-state index in [-0.39, 0.29) is 17.7 Å². The van der Waals surface area contributed by atoms with E-state index in [1.54, 1.807) is 12.3 Å². The maximum absolute atomic E-state index is 12.6. The van der Waals surface area contributed by atoms with Gasteiger partial charge in [-0.1, -0.05) is 75.2 Å². The first kappa shape index (κ1) is 31.9. The van der Waals surface area contributed by atoms with Crippen molar-refractivity contribution in [3.63, 3.8) is 0 Å². The lowest BCUT2D eigenvalue weighted by atomic mass is 9.93. The van der Waals surface area contributed by atoms with Gasteiger partial charge in [0.25, 0.3) is 0 Å². The number of allylic oxidation sites excluding steroid dienone is 1. The van der Waals surface area contributed by atoms with E-state index >= 15 is 0 Å². The molecule has 10 nitrogen and oxygen atoms in total. The zero-order valence-corrected chi connectivity index (χ0v) is 26.7. The number of aromatic nitrogens is 4. The summed E-state index contributed by atoms with van der Waals surface area (Å²) in [4.78, 5) is 31.4. The SMILES string of the molecule is CC(C)(C)c1cc(NC(=O)Cc2ccc(-c3[nH]nc4c(/C=C/CCCCCCC(=O)N5CCCCC5)cnc(N)c34)cc2)no1. The fourth-order valence-corrected chi connectivity index (χ4v) is 5.65. The van der Waals surface area contributed by atoms with Crippen molar-refractivity contribution in [3.05, 3.63) is 59.5 Å². The van der Waals surface area contributed by atoms with Gasteiger partial charge in [0.1, 0.15) is 17.1 Å².